The van der Waals surface area contributed by atoms with Crippen LogP contribution in [0.1, 0.15) is 24.5 Å². The van der Waals surface area contributed by atoms with Gasteiger partial charge >= 0.3 is 0 Å². The maximum absolute atomic E-state index is 13.4. The standard InChI is InChI=1S/C22H22FN5O2S2/c1-2-13-31-22-27-20(16-5-7-17(23)8-6-16)19(14-24)21(28-22)26-12-11-15-3-9-18(10-4-15)32(25,29)30/h3-10H,2,11-13H2,1H3,(H2,25,29,30)(H,26,27,28). The fourth-order valence-electron chi connectivity index (χ4n) is 2.92. The van der Waals surface area contributed by atoms with Crippen LogP contribution >= 0.6 is 11.8 Å². The highest BCUT2D eigenvalue weighted by Crippen LogP contribution is 2.29. The molecule has 3 N–H and O–H groups in total. The van der Waals surface area contributed by atoms with Crippen LogP contribution < -0.4 is 10.5 Å². The van der Waals surface area contributed by atoms with E-state index in [0.29, 0.717) is 35.2 Å². The molecule has 0 saturated carbocycles. The summed E-state index contributed by atoms with van der Waals surface area (Å²) in [6, 6.07) is 14.3. The normalized spacial score (nSPS) is 11.2. The highest BCUT2D eigenvalue weighted by atomic mass is 32.2. The number of sulfonamides is 1. The van der Waals surface area contributed by atoms with Gasteiger partial charge in [0.1, 0.15) is 23.3 Å². The van der Waals surface area contributed by atoms with Gasteiger partial charge in [-0.3, -0.25) is 0 Å². The van der Waals surface area contributed by atoms with Crippen LogP contribution in [0, 0.1) is 17.1 Å². The van der Waals surface area contributed by atoms with Crippen molar-refractivity contribution >= 4 is 27.6 Å². The van der Waals surface area contributed by atoms with E-state index in [1.807, 2.05) is 0 Å². The molecule has 3 aromatic rings. The van der Waals surface area contributed by atoms with E-state index in [4.69, 9.17) is 5.14 Å². The number of nitriles is 1. The van der Waals surface area contributed by atoms with Gasteiger partial charge in [-0.1, -0.05) is 30.8 Å². The Morgan fingerprint density at radius 3 is 2.41 bits per heavy atom. The van der Waals surface area contributed by atoms with Gasteiger partial charge in [0.15, 0.2) is 5.16 Å². The van der Waals surface area contributed by atoms with Crippen LogP contribution in [0.5, 0.6) is 0 Å². The molecule has 166 valence electrons. The minimum Gasteiger partial charge on any atom is -0.368 e. The number of nitrogens with zero attached hydrogens (tertiary/aromatic N) is 3. The van der Waals surface area contributed by atoms with E-state index in [-0.39, 0.29) is 16.3 Å². The van der Waals surface area contributed by atoms with Crippen LogP contribution in [0.25, 0.3) is 11.3 Å². The van der Waals surface area contributed by atoms with Crippen LogP contribution in [-0.2, 0) is 16.4 Å². The number of benzene rings is 2. The second-order valence-electron chi connectivity index (χ2n) is 6.91. The number of hydrogen-bond acceptors (Lipinski definition) is 7. The third-order valence-electron chi connectivity index (χ3n) is 4.51. The van der Waals surface area contributed by atoms with Gasteiger partial charge in [-0.15, -0.1) is 0 Å². The molecule has 0 amide bonds. The van der Waals surface area contributed by atoms with E-state index in [9.17, 15) is 18.1 Å². The molecule has 0 spiro atoms. The molecule has 10 heteroatoms. The zero-order chi connectivity index (χ0) is 23.1. The SMILES string of the molecule is CCCSc1nc(NCCc2ccc(S(N)(=O)=O)cc2)c(C#N)c(-c2ccc(F)cc2)n1. The number of halogens is 1. The average molecular weight is 472 g/mol. The Balaban J connectivity index is 1.85. The van der Waals surface area contributed by atoms with Crippen molar-refractivity contribution < 1.29 is 12.8 Å². The van der Waals surface area contributed by atoms with Crippen molar-refractivity contribution in [2.24, 2.45) is 5.14 Å². The Morgan fingerprint density at radius 1 is 1.12 bits per heavy atom. The van der Waals surface area contributed by atoms with Crippen molar-refractivity contribution in [3.8, 4) is 17.3 Å². The number of thioether (sulfide) groups is 1. The highest BCUT2D eigenvalue weighted by Gasteiger charge is 2.16. The minimum absolute atomic E-state index is 0.0540. The molecule has 0 aliphatic carbocycles. The van der Waals surface area contributed by atoms with Crippen molar-refractivity contribution in [2.45, 2.75) is 29.8 Å². The van der Waals surface area contributed by atoms with E-state index >= 15 is 0 Å². The average Bonchev–Trinajstić information content (AvgIpc) is 2.77. The van der Waals surface area contributed by atoms with Gasteiger partial charge in [0.25, 0.3) is 0 Å². The molecular formula is C22H22FN5O2S2. The minimum atomic E-state index is -3.73. The zero-order valence-electron chi connectivity index (χ0n) is 17.4. The van der Waals surface area contributed by atoms with Crippen LogP contribution in [0.15, 0.2) is 58.6 Å². The number of rotatable bonds is 9. The first-order chi connectivity index (χ1) is 15.3. The first-order valence-electron chi connectivity index (χ1n) is 9.88. The van der Waals surface area contributed by atoms with Gasteiger partial charge in [0.05, 0.1) is 10.6 Å². The second-order valence-corrected chi connectivity index (χ2v) is 9.53. The van der Waals surface area contributed by atoms with Crippen molar-refractivity contribution in [3.63, 3.8) is 0 Å². The molecule has 0 saturated heterocycles. The molecule has 0 atom stereocenters. The summed E-state index contributed by atoms with van der Waals surface area (Å²) in [5.41, 5.74) is 2.25. The van der Waals surface area contributed by atoms with Crippen LogP contribution in [0.2, 0.25) is 0 Å². The molecule has 0 radical (unpaired) electrons. The number of anilines is 1. The number of nitrogens with one attached hydrogen (secondary N) is 1. The van der Waals surface area contributed by atoms with Gasteiger partial charge in [0.2, 0.25) is 10.0 Å². The molecule has 0 fully saturated rings. The quantitative estimate of drug-likeness (QED) is 0.358. The predicted molar refractivity (Wildman–Crippen MR) is 123 cm³/mol. The Kier molecular flexibility index (Phi) is 7.80. The maximum atomic E-state index is 13.4. The van der Waals surface area contributed by atoms with E-state index < -0.39 is 10.0 Å². The molecule has 32 heavy (non-hydrogen) atoms. The van der Waals surface area contributed by atoms with Gasteiger partial charge in [-0.2, -0.15) is 5.26 Å². The molecule has 3 rings (SSSR count). The summed E-state index contributed by atoms with van der Waals surface area (Å²) in [7, 11) is -3.73. The third-order valence-corrected chi connectivity index (χ3v) is 6.49. The van der Waals surface area contributed by atoms with Crippen molar-refractivity contribution in [2.75, 3.05) is 17.6 Å². The van der Waals surface area contributed by atoms with Crippen LogP contribution in [0.4, 0.5) is 10.2 Å². The summed E-state index contributed by atoms with van der Waals surface area (Å²) in [6.45, 7) is 2.51. The molecule has 0 aliphatic heterocycles. The van der Waals surface area contributed by atoms with Crippen LogP contribution in [-0.4, -0.2) is 30.7 Å². The van der Waals surface area contributed by atoms with E-state index in [1.54, 1.807) is 24.3 Å². The lowest BCUT2D eigenvalue weighted by Crippen LogP contribution is -2.12. The summed E-state index contributed by atoms with van der Waals surface area (Å²) in [6.07, 6.45) is 1.51. The Bertz CT molecular complexity index is 1220. The first kappa shape index (κ1) is 23.7. The lowest BCUT2D eigenvalue weighted by molar-refractivity contribution is 0.597. The smallest absolute Gasteiger partial charge is 0.238 e. The second kappa shape index (κ2) is 10.5. The van der Waals surface area contributed by atoms with Crippen LogP contribution in [0.3, 0.4) is 0 Å². The first-order valence-corrected chi connectivity index (χ1v) is 12.4. The molecular weight excluding hydrogens is 449 g/mol. The van der Waals surface area contributed by atoms with Crippen molar-refractivity contribution in [1.29, 1.82) is 5.26 Å². The van der Waals surface area contributed by atoms with E-state index in [2.05, 4.69) is 28.3 Å². The predicted octanol–water partition coefficient (Wildman–Crippen LogP) is 3.96. The number of hydrogen-bond donors (Lipinski definition) is 2. The highest BCUT2D eigenvalue weighted by molar-refractivity contribution is 7.99. The Morgan fingerprint density at radius 2 is 1.81 bits per heavy atom. The van der Waals surface area contributed by atoms with Crippen molar-refractivity contribution in [1.82, 2.24) is 9.97 Å². The lowest BCUT2D eigenvalue weighted by Gasteiger charge is -2.13. The summed E-state index contributed by atoms with van der Waals surface area (Å²) in [4.78, 5) is 9.10. The van der Waals surface area contributed by atoms with Gasteiger partial charge in [-0.25, -0.2) is 27.9 Å². The zero-order valence-corrected chi connectivity index (χ0v) is 19.0. The molecule has 0 aliphatic rings. The van der Waals surface area contributed by atoms with Gasteiger partial charge in [0, 0.05) is 17.9 Å². The van der Waals surface area contributed by atoms with E-state index in [0.717, 1.165) is 17.7 Å². The molecule has 1 heterocycles. The Labute approximate surface area is 191 Å². The number of aromatic nitrogens is 2. The molecule has 1 aromatic heterocycles. The molecule has 2 aromatic carbocycles. The monoisotopic (exact) mass is 471 g/mol. The maximum Gasteiger partial charge on any atom is 0.238 e. The molecule has 0 unspecified atom stereocenters. The van der Waals surface area contributed by atoms with Gasteiger partial charge in [-0.05, 0) is 54.8 Å². The summed E-state index contributed by atoms with van der Waals surface area (Å²) >= 11 is 1.49. The lowest BCUT2D eigenvalue weighted by atomic mass is 10.1. The summed E-state index contributed by atoms with van der Waals surface area (Å²) in [5, 5.41) is 18.6. The number of nitrogens with two attached hydrogens (primary N) is 1. The topological polar surface area (TPSA) is 122 Å². The third kappa shape index (κ3) is 6.03. The van der Waals surface area contributed by atoms with Gasteiger partial charge < -0.3 is 5.32 Å². The Hall–Kier alpha value is -3.00. The molecule has 7 nitrogen and oxygen atoms in total. The molecule has 0 bridgehead atoms. The fraction of sp³-hybridized carbons (Fsp3) is 0.227. The summed E-state index contributed by atoms with van der Waals surface area (Å²) < 4.78 is 36.1. The summed E-state index contributed by atoms with van der Waals surface area (Å²) in [5.74, 6) is 0.861. The fourth-order valence-corrected chi connectivity index (χ4v) is 4.13. The number of primary sulfonamides is 1. The van der Waals surface area contributed by atoms with Crippen molar-refractivity contribution in [3.05, 3.63) is 65.5 Å². The van der Waals surface area contributed by atoms with E-state index in [1.165, 1.54) is 36.0 Å². The largest absolute Gasteiger partial charge is 0.368 e.